The molecule has 0 radical (unpaired) electrons. The van der Waals surface area contributed by atoms with E-state index >= 15 is 0 Å². The van der Waals surface area contributed by atoms with Crippen molar-refractivity contribution in [2.75, 3.05) is 10.0 Å². The number of rotatable bonds is 6. The number of nitrogens with one attached hydrogen (secondary N) is 2. The van der Waals surface area contributed by atoms with Crippen LogP contribution in [0.5, 0.6) is 0 Å². The maximum Gasteiger partial charge on any atom is 0.293 e. The standard InChI is InChI=1S/C18H14N4O5S/c23-18(16-6-3-4-12-19-16)20-13-8-10-14(11-9-13)28(26,27)21-15-5-1-2-7-17(15)22(24)25/h1-12,21H,(H,20,23). The Labute approximate surface area is 160 Å². The summed E-state index contributed by atoms with van der Waals surface area (Å²) < 4.78 is 27.2. The molecule has 0 aliphatic carbocycles. The fraction of sp³-hybridized carbons (Fsp3) is 0. The van der Waals surface area contributed by atoms with Crippen LogP contribution in [0, 0.1) is 10.1 Å². The predicted molar refractivity (Wildman–Crippen MR) is 103 cm³/mol. The molecular formula is C18H14N4O5S. The summed E-state index contributed by atoms with van der Waals surface area (Å²) in [7, 11) is -4.05. The van der Waals surface area contributed by atoms with Gasteiger partial charge in [-0.15, -0.1) is 0 Å². The van der Waals surface area contributed by atoms with Crippen molar-refractivity contribution in [3.8, 4) is 0 Å². The van der Waals surface area contributed by atoms with Crippen LogP contribution in [0.3, 0.4) is 0 Å². The Balaban J connectivity index is 1.77. The van der Waals surface area contributed by atoms with Gasteiger partial charge in [0, 0.05) is 18.0 Å². The molecule has 9 nitrogen and oxygen atoms in total. The molecule has 3 rings (SSSR count). The molecule has 0 aliphatic heterocycles. The Morgan fingerprint density at radius 2 is 1.64 bits per heavy atom. The second-order valence-electron chi connectivity index (χ2n) is 5.57. The van der Waals surface area contributed by atoms with Gasteiger partial charge in [-0.1, -0.05) is 18.2 Å². The molecule has 0 fully saturated rings. The number of benzene rings is 2. The SMILES string of the molecule is O=C(Nc1ccc(S(=O)(=O)Nc2ccccc2[N+](=O)[O-])cc1)c1ccccn1. The van der Waals surface area contributed by atoms with E-state index in [1.165, 1.54) is 54.7 Å². The first-order chi connectivity index (χ1) is 13.4. The summed E-state index contributed by atoms with van der Waals surface area (Å²) in [5.41, 5.74) is 0.0999. The predicted octanol–water partition coefficient (Wildman–Crippen LogP) is 3.04. The van der Waals surface area contributed by atoms with Gasteiger partial charge in [-0.3, -0.25) is 24.6 Å². The van der Waals surface area contributed by atoms with Gasteiger partial charge in [-0.25, -0.2) is 8.42 Å². The van der Waals surface area contributed by atoms with Crippen molar-refractivity contribution < 1.29 is 18.1 Å². The second-order valence-corrected chi connectivity index (χ2v) is 7.26. The molecule has 2 aromatic carbocycles. The molecule has 0 spiro atoms. The molecule has 10 heteroatoms. The van der Waals surface area contributed by atoms with E-state index in [0.29, 0.717) is 5.69 Å². The van der Waals surface area contributed by atoms with E-state index in [4.69, 9.17) is 0 Å². The molecule has 1 aromatic heterocycles. The molecule has 0 saturated heterocycles. The first kappa shape index (κ1) is 19.0. The molecule has 3 aromatic rings. The fourth-order valence-electron chi connectivity index (χ4n) is 2.33. The first-order valence-corrected chi connectivity index (χ1v) is 9.44. The Morgan fingerprint density at radius 1 is 0.964 bits per heavy atom. The highest BCUT2D eigenvalue weighted by Gasteiger charge is 2.20. The van der Waals surface area contributed by atoms with Crippen LogP contribution < -0.4 is 10.0 Å². The van der Waals surface area contributed by atoms with Crippen molar-refractivity contribution in [3.63, 3.8) is 0 Å². The van der Waals surface area contributed by atoms with Crippen molar-refractivity contribution in [1.82, 2.24) is 4.98 Å². The Morgan fingerprint density at radius 3 is 2.29 bits per heavy atom. The summed E-state index contributed by atoms with van der Waals surface area (Å²) in [4.78, 5) is 26.2. The van der Waals surface area contributed by atoms with Gasteiger partial charge >= 0.3 is 0 Å². The van der Waals surface area contributed by atoms with E-state index in [1.807, 2.05) is 0 Å². The molecule has 1 amide bonds. The van der Waals surface area contributed by atoms with E-state index in [-0.39, 0.29) is 22.0 Å². The molecule has 0 aliphatic rings. The summed E-state index contributed by atoms with van der Waals surface area (Å²) in [6.07, 6.45) is 1.49. The number of para-hydroxylation sites is 2. The van der Waals surface area contributed by atoms with Gasteiger partial charge in [-0.05, 0) is 42.5 Å². The van der Waals surface area contributed by atoms with Crippen LogP contribution in [0.4, 0.5) is 17.1 Å². The number of carbonyl (C=O) groups excluding carboxylic acids is 1. The number of anilines is 2. The number of pyridine rings is 1. The van der Waals surface area contributed by atoms with E-state index in [9.17, 15) is 23.3 Å². The molecule has 28 heavy (non-hydrogen) atoms. The summed E-state index contributed by atoms with van der Waals surface area (Å²) in [5, 5.41) is 13.6. The highest BCUT2D eigenvalue weighted by molar-refractivity contribution is 7.92. The van der Waals surface area contributed by atoms with Gasteiger partial charge in [-0.2, -0.15) is 0 Å². The van der Waals surface area contributed by atoms with Crippen LogP contribution in [0.2, 0.25) is 0 Å². The zero-order valence-electron chi connectivity index (χ0n) is 14.3. The number of carbonyl (C=O) groups is 1. The minimum absolute atomic E-state index is 0.110. The van der Waals surface area contributed by atoms with Crippen LogP contribution in [0.15, 0.2) is 77.8 Å². The van der Waals surface area contributed by atoms with Crippen molar-refractivity contribution in [2.24, 2.45) is 0 Å². The van der Waals surface area contributed by atoms with Gasteiger partial charge < -0.3 is 5.32 Å². The van der Waals surface area contributed by atoms with Crippen LogP contribution in [-0.2, 0) is 10.0 Å². The molecule has 0 unspecified atom stereocenters. The number of aromatic nitrogens is 1. The molecule has 2 N–H and O–H groups in total. The van der Waals surface area contributed by atoms with E-state index in [0.717, 1.165) is 0 Å². The average Bonchev–Trinajstić information content (AvgIpc) is 2.69. The minimum Gasteiger partial charge on any atom is -0.321 e. The van der Waals surface area contributed by atoms with Crippen LogP contribution in [-0.4, -0.2) is 24.2 Å². The molecule has 1 heterocycles. The number of sulfonamides is 1. The molecule has 0 bridgehead atoms. The normalized spacial score (nSPS) is 10.9. The zero-order chi connectivity index (χ0) is 20.1. The smallest absolute Gasteiger partial charge is 0.293 e. The number of nitrogens with zero attached hydrogens (tertiary/aromatic N) is 2. The third-order valence-electron chi connectivity index (χ3n) is 3.67. The topological polar surface area (TPSA) is 131 Å². The Bertz CT molecular complexity index is 1120. The molecular weight excluding hydrogens is 384 g/mol. The minimum atomic E-state index is -4.05. The number of hydrogen-bond acceptors (Lipinski definition) is 6. The lowest BCUT2D eigenvalue weighted by Gasteiger charge is -2.09. The summed E-state index contributed by atoms with van der Waals surface area (Å²) >= 11 is 0. The third-order valence-corrected chi connectivity index (χ3v) is 5.05. The average molecular weight is 398 g/mol. The lowest BCUT2D eigenvalue weighted by Crippen LogP contribution is -2.15. The van der Waals surface area contributed by atoms with Crippen molar-refractivity contribution in [2.45, 2.75) is 4.90 Å². The number of hydrogen-bond donors (Lipinski definition) is 2. The first-order valence-electron chi connectivity index (χ1n) is 7.95. The summed E-state index contributed by atoms with van der Waals surface area (Å²) in [6, 6.07) is 15.7. The van der Waals surface area contributed by atoms with E-state index in [2.05, 4.69) is 15.0 Å². The Kier molecular flexibility index (Phi) is 5.32. The van der Waals surface area contributed by atoms with Crippen LogP contribution in [0.25, 0.3) is 0 Å². The highest BCUT2D eigenvalue weighted by Crippen LogP contribution is 2.26. The highest BCUT2D eigenvalue weighted by atomic mass is 32.2. The maximum atomic E-state index is 12.5. The van der Waals surface area contributed by atoms with Crippen LogP contribution in [0.1, 0.15) is 10.5 Å². The van der Waals surface area contributed by atoms with Gasteiger partial charge in [0.2, 0.25) is 0 Å². The third kappa shape index (κ3) is 4.30. The summed E-state index contributed by atoms with van der Waals surface area (Å²) in [5.74, 6) is -0.436. The lowest BCUT2D eigenvalue weighted by atomic mass is 10.3. The molecule has 0 atom stereocenters. The van der Waals surface area contributed by atoms with Crippen LogP contribution >= 0.6 is 0 Å². The fourth-order valence-corrected chi connectivity index (χ4v) is 3.41. The van der Waals surface area contributed by atoms with Gasteiger partial charge in [0.05, 0.1) is 9.82 Å². The van der Waals surface area contributed by atoms with Crippen molar-refractivity contribution >= 4 is 33.0 Å². The largest absolute Gasteiger partial charge is 0.321 e. The van der Waals surface area contributed by atoms with Gasteiger partial charge in [0.1, 0.15) is 11.4 Å². The summed E-state index contributed by atoms with van der Waals surface area (Å²) in [6.45, 7) is 0. The zero-order valence-corrected chi connectivity index (χ0v) is 15.1. The quantitative estimate of drug-likeness (QED) is 0.485. The monoisotopic (exact) mass is 398 g/mol. The van der Waals surface area contributed by atoms with E-state index < -0.39 is 20.9 Å². The number of amides is 1. The number of nitro benzene ring substituents is 1. The maximum absolute atomic E-state index is 12.5. The second kappa shape index (κ2) is 7.84. The van der Waals surface area contributed by atoms with Crippen molar-refractivity contribution in [1.29, 1.82) is 0 Å². The number of nitro groups is 1. The van der Waals surface area contributed by atoms with Gasteiger partial charge in [0.25, 0.3) is 21.6 Å². The van der Waals surface area contributed by atoms with Gasteiger partial charge in [0.15, 0.2) is 0 Å². The van der Waals surface area contributed by atoms with E-state index in [1.54, 1.807) is 18.2 Å². The lowest BCUT2D eigenvalue weighted by molar-refractivity contribution is -0.383. The Hall–Kier alpha value is -3.79. The molecule has 142 valence electrons. The molecule has 0 saturated carbocycles. The van der Waals surface area contributed by atoms with Crippen molar-refractivity contribution in [3.05, 3.63) is 88.7 Å².